The number of carbonyl (C=O) groups excluding carboxylic acids is 1. The van der Waals surface area contributed by atoms with Gasteiger partial charge in [-0.05, 0) is 25.5 Å². The minimum atomic E-state index is -0.351. The molecular weight excluding hydrogens is 228 g/mol. The summed E-state index contributed by atoms with van der Waals surface area (Å²) in [5, 5.41) is 6.83. The Labute approximate surface area is 98.9 Å². The van der Waals surface area contributed by atoms with Gasteiger partial charge in [0.1, 0.15) is 5.15 Å². The third kappa shape index (κ3) is 4.75. The van der Waals surface area contributed by atoms with Crippen LogP contribution in [0.5, 0.6) is 0 Å². The average molecular weight is 241 g/mol. The molecule has 1 aromatic heterocycles. The second-order valence-corrected chi connectivity index (χ2v) is 3.73. The Morgan fingerprint density at radius 1 is 1.50 bits per heavy atom. The van der Waals surface area contributed by atoms with Crippen molar-refractivity contribution in [3.8, 4) is 0 Å². The molecule has 16 heavy (non-hydrogen) atoms. The molecule has 1 rings (SSSR count). The number of hydrogen-bond donors (Lipinski definition) is 2. The molecule has 0 aliphatic carbocycles. The third-order valence-corrected chi connectivity index (χ3v) is 1.85. The minimum absolute atomic E-state index is 0.351. The fraction of sp³-hybridized carbons (Fsp3) is 0.300. The summed E-state index contributed by atoms with van der Waals surface area (Å²) in [5.41, 5.74) is 4.01. The maximum absolute atomic E-state index is 11.2. The lowest BCUT2D eigenvalue weighted by Gasteiger charge is -2.04. The van der Waals surface area contributed by atoms with E-state index in [0.717, 1.165) is 11.3 Å². The largest absolute Gasteiger partial charge is 0.335 e. The first kappa shape index (κ1) is 12.4. The highest BCUT2D eigenvalue weighted by Crippen LogP contribution is 2.04. The zero-order chi connectivity index (χ0) is 12.0. The summed E-state index contributed by atoms with van der Waals surface area (Å²) >= 11 is 5.63. The maximum Gasteiger partial charge on any atom is 0.335 e. The zero-order valence-electron chi connectivity index (χ0n) is 9.12. The molecule has 0 radical (unpaired) electrons. The summed E-state index contributed by atoms with van der Waals surface area (Å²) < 4.78 is 0. The predicted molar refractivity (Wildman–Crippen MR) is 63.4 cm³/mol. The Morgan fingerprint density at radius 2 is 2.25 bits per heavy atom. The van der Waals surface area contributed by atoms with Crippen LogP contribution in [0.2, 0.25) is 5.15 Å². The van der Waals surface area contributed by atoms with Gasteiger partial charge in [0, 0.05) is 18.5 Å². The highest BCUT2D eigenvalue weighted by atomic mass is 35.5. The van der Waals surface area contributed by atoms with E-state index in [1.807, 2.05) is 0 Å². The van der Waals surface area contributed by atoms with E-state index in [-0.39, 0.29) is 6.03 Å². The van der Waals surface area contributed by atoms with Gasteiger partial charge in [-0.15, -0.1) is 0 Å². The number of carbonyl (C=O) groups is 1. The highest BCUT2D eigenvalue weighted by molar-refractivity contribution is 6.29. The Morgan fingerprint density at radius 3 is 2.81 bits per heavy atom. The molecule has 2 amide bonds. The third-order valence-electron chi connectivity index (χ3n) is 1.62. The van der Waals surface area contributed by atoms with Crippen molar-refractivity contribution < 1.29 is 4.79 Å². The number of amides is 2. The Balaban J connectivity index is 2.37. The first-order valence-corrected chi connectivity index (χ1v) is 5.11. The van der Waals surface area contributed by atoms with E-state index >= 15 is 0 Å². The number of urea groups is 1. The van der Waals surface area contributed by atoms with Crippen LogP contribution in [0.1, 0.15) is 19.4 Å². The van der Waals surface area contributed by atoms with Gasteiger partial charge in [0.05, 0.1) is 0 Å². The number of halogens is 1. The van der Waals surface area contributed by atoms with Crippen LogP contribution in [0.3, 0.4) is 0 Å². The Hall–Kier alpha value is -1.62. The number of pyridine rings is 1. The van der Waals surface area contributed by atoms with E-state index in [0.29, 0.717) is 11.7 Å². The summed E-state index contributed by atoms with van der Waals surface area (Å²) in [6.07, 6.45) is 1.61. The Bertz CT molecular complexity index is 384. The van der Waals surface area contributed by atoms with Gasteiger partial charge in [-0.3, -0.25) is 0 Å². The molecule has 5 nitrogen and oxygen atoms in total. The standard InChI is InChI=1S/C10H13ClN4O/c1-7(2)14-15-10(16)13-6-8-3-4-9(11)12-5-8/h3-5H,6H2,1-2H3,(H2,13,15,16). The average Bonchev–Trinajstić information content (AvgIpc) is 2.25. The van der Waals surface area contributed by atoms with Crippen molar-refractivity contribution in [2.75, 3.05) is 0 Å². The van der Waals surface area contributed by atoms with Gasteiger partial charge in [0.15, 0.2) is 0 Å². The first-order chi connectivity index (χ1) is 7.58. The van der Waals surface area contributed by atoms with Gasteiger partial charge < -0.3 is 5.32 Å². The zero-order valence-corrected chi connectivity index (χ0v) is 9.88. The fourth-order valence-corrected chi connectivity index (χ4v) is 1.01. The molecule has 0 spiro atoms. The summed E-state index contributed by atoms with van der Waals surface area (Å²) in [4.78, 5) is 15.1. The van der Waals surface area contributed by atoms with Crippen LogP contribution in [0.4, 0.5) is 4.79 Å². The van der Waals surface area contributed by atoms with Crippen molar-refractivity contribution in [1.82, 2.24) is 15.7 Å². The van der Waals surface area contributed by atoms with E-state index < -0.39 is 0 Å². The van der Waals surface area contributed by atoms with Crippen molar-refractivity contribution in [1.29, 1.82) is 0 Å². The molecule has 1 heterocycles. The van der Waals surface area contributed by atoms with Gasteiger partial charge in [0.25, 0.3) is 0 Å². The molecule has 1 aromatic rings. The van der Waals surface area contributed by atoms with Crippen molar-refractivity contribution in [2.24, 2.45) is 5.10 Å². The summed E-state index contributed by atoms with van der Waals surface area (Å²) in [5.74, 6) is 0. The molecule has 0 saturated carbocycles. The van der Waals surface area contributed by atoms with Crippen LogP contribution in [-0.4, -0.2) is 16.7 Å². The molecule has 2 N–H and O–H groups in total. The molecule has 0 atom stereocenters. The van der Waals surface area contributed by atoms with Gasteiger partial charge in [0.2, 0.25) is 0 Å². The number of nitrogens with one attached hydrogen (secondary N) is 2. The number of aromatic nitrogens is 1. The molecule has 0 aliphatic rings. The second kappa shape index (κ2) is 6.07. The van der Waals surface area contributed by atoms with E-state index in [2.05, 4.69) is 20.8 Å². The van der Waals surface area contributed by atoms with Crippen LogP contribution >= 0.6 is 11.6 Å². The fourth-order valence-electron chi connectivity index (χ4n) is 0.895. The molecule has 86 valence electrons. The maximum atomic E-state index is 11.2. The highest BCUT2D eigenvalue weighted by Gasteiger charge is 1.99. The molecule has 6 heteroatoms. The molecule has 0 aliphatic heterocycles. The van der Waals surface area contributed by atoms with Gasteiger partial charge in [-0.25, -0.2) is 15.2 Å². The summed E-state index contributed by atoms with van der Waals surface area (Å²) in [6.45, 7) is 3.97. The smallest absolute Gasteiger partial charge is 0.333 e. The predicted octanol–water partition coefficient (Wildman–Crippen LogP) is 1.93. The van der Waals surface area contributed by atoms with Crippen molar-refractivity contribution in [2.45, 2.75) is 20.4 Å². The van der Waals surface area contributed by atoms with Crippen molar-refractivity contribution in [3.63, 3.8) is 0 Å². The number of hydrazone groups is 1. The second-order valence-electron chi connectivity index (χ2n) is 3.34. The quantitative estimate of drug-likeness (QED) is 0.482. The van der Waals surface area contributed by atoms with E-state index in [1.54, 1.807) is 32.2 Å². The van der Waals surface area contributed by atoms with Crippen molar-refractivity contribution in [3.05, 3.63) is 29.0 Å². The van der Waals surface area contributed by atoms with E-state index in [9.17, 15) is 4.79 Å². The van der Waals surface area contributed by atoms with E-state index in [1.165, 1.54) is 0 Å². The molecular formula is C10H13ClN4O. The number of nitrogens with zero attached hydrogens (tertiary/aromatic N) is 2. The molecule has 0 bridgehead atoms. The lowest BCUT2D eigenvalue weighted by molar-refractivity contribution is 0.241. The molecule has 0 aromatic carbocycles. The number of hydrogen-bond acceptors (Lipinski definition) is 3. The lowest BCUT2D eigenvalue weighted by atomic mass is 10.3. The topological polar surface area (TPSA) is 66.4 Å². The summed E-state index contributed by atoms with van der Waals surface area (Å²) in [6, 6.07) is 3.12. The lowest BCUT2D eigenvalue weighted by Crippen LogP contribution is -2.32. The molecule has 0 fully saturated rings. The molecule has 0 unspecified atom stereocenters. The first-order valence-electron chi connectivity index (χ1n) is 4.73. The normalized spacial score (nSPS) is 9.44. The van der Waals surface area contributed by atoms with Gasteiger partial charge in [-0.2, -0.15) is 5.10 Å². The van der Waals surface area contributed by atoms with Crippen molar-refractivity contribution >= 4 is 23.3 Å². The monoisotopic (exact) mass is 240 g/mol. The summed E-state index contributed by atoms with van der Waals surface area (Å²) in [7, 11) is 0. The van der Waals surface area contributed by atoms with Gasteiger partial charge in [-0.1, -0.05) is 17.7 Å². The van der Waals surface area contributed by atoms with E-state index in [4.69, 9.17) is 11.6 Å². The van der Waals surface area contributed by atoms with Crippen LogP contribution in [0, 0.1) is 0 Å². The SMILES string of the molecule is CC(C)=NNC(=O)NCc1ccc(Cl)nc1. The number of rotatable bonds is 3. The van der Waals surface area contributed by atoms with Crippen LogP contribution in [-0.2, 0) is 6.54 Å². The Kier molecular flexibility index (Phi) is 4.72. The van der Waals surface area contributed by atoms with Crippen LogP contribution in [0.15, 0.2) is 23.4 Å². The van der Waals surface area contributed by atoms with Gasteiger partial charge >= 0.3 is 6.03 Å². The minimum Gasteiger partial charge on any atom is -0.333 e. The molecule has 0 saturated heterocycles. The van der Waals surface area contributed by atoms with Crippen LogP contribution in [0.25, 0.3) is 0 Å². The van der Waals surface area contributed by atoms with Crippen LogP contribution < -0.4 is 10.7 Å².